The number of aryl methyl sites for hydroxylation is 2. The third kappa shape index (κ3) is 3.77. The van der Waals surface area contributed by atoms with E-state index >= 15 is 0 Å². The molecule has 1 aromatic carbocycles. The molecule has 4 N–H and O–H groups in total. The summed E-state index contributed by atoms with van der Waals surface area (Å²) in [4.78, 5) is 13.2. The van der Waals surface area contributed by atoms with Crippen LogP contribution in [-0.4, -0.2) is 24.7 Å². The lowest BCUT2D eigenvalue weighted by Crippen LogP contribution is -2.10. The molecule has 4 aromatic rings. The number of hydrogen-bond acceptors (Lipinski definition) is 6. The zero-order valence-corrected chi connectivity index (χ0v) is 18.1. The van der Waals surface area contributed by atoms with Crippen molar-refractivity contribution >= 4 is 22.5 Å². The van der Waals surface area contributed by atoms with Gasteiger partial charge in [0.1, 0.15) is 17.5 Å². The molecule has 1 fully saturated rings. The van der Waals surface area contributed by atoms with E-state index in [0.717, 1.165) is 46.6 Å². The quantitative estimate of drug-likeness (QED) is 0.478. The van der Waals surface area contributed by atoms with Crippen molar-refractivity contribution < 1.29 is 4.39 Å². The first-order chi connectivity index (χ1) is 15.5. The van der Waals surface area contributed by atoms with E-state index in [2.05, 4.69) is 15.0 Å². The SMILES string of the molecule is Cc1cc(-c2c(N)nc(-n3nc(CCC4CCCC4)c4cc(F)ccc43)nc2N)ccn1. The third-order valence-corrected chi connectivity index (χ3v) is 6.31. The molecule has 5 rings (SSSR count). The van der Waals surface area contributed by atoms with Crippen molar-refractivity contribution in [3.8, 4) is 17.1 Å². The highest BCUT2D eigenvalue weighted by Crippen LogP contribution is 2.33. The number of anilines is 2. The highest BCUT2D eigenvalue weighted by molar-refractivity contribution is 5.85. The predicted molar refractivity (Wildman–Crippen MR) is 124 cm³/mol. The summed E-state index contributed by atoms with van der Waals surface area (Å²) < 4.78 is 15.7. The molecule has 0 bridgehead atoms. The summed E-state index contributed by atoms with van der Waals surface area (Å²) in [7, 11) is 0. The van der Waals surface area contributed by atoms with Gasteiger partial charge in [-0.15, -0.1) is 0 Å². The Kier molecular flexibility index (Phi) is 5.20. The first-order valence-corrected chi connectivity index (χ1v) is 11.0. The number of halogens is 1. The van der Waals surface area contributed by atoms with Crippen LogP contribution in [0.25, 0.3) is 28.0 Å². The van der Waals surface area contributed by atoms with E-state index < -0.39 is 0 Å². The Balaban J connectivity index is 1.57. The fraction of sp³-hybridized carbons (Fsp3) is 0.333. The molecular weight excluding hydrogens is 405 g/mol. The normalized spacial score (nSPS) is 14.4. The van der Waals surface area contributed by atoms with Gasteiger partial charge in [-0.3, -0.25) is 4.98 Å². The van der Waals surface area contributed by atoms with Crippen LogP contribution in [0.2, 0.25) is 0 Å². The number of benzene rings is 1. The van der Waals surface area contributed by atoms with Crippen LogP contribution < -0.4 is 11.5 Å². The molecule has 3 heterocycles. The predicted octanol–water partition coefficient (Wildman–Crippen LogP) is 4.61. The van der Waals surface area contributed by atoms with E-state index in [4.69, 9.17) is 16.6 Å². The summed E-state index contributed by atoms with van der Waals surface area (Å²) in [6.45, 7) is 1.90. The van der Waals surface area contributed by atoms with Gasteiger partial charge >= 0.3 is 0 Å². The number of nitrogens with two attached hydrogens (primary N) is 2. The van der Waals surface area contributed by atoms with Gasteiger partial charge in [-0.05, 0) is 61.6 Å². The lowest BCUT2D eigenvalue weighted by molar-refractivity contribution is 0.500. The average molecular weight is 432 g/mol. The lowest BCUT2D eigenvalue weighted by Gasteiger charge is -2.11. The van der Waals surface area contributed by atoms with Crippen molar-refractivity contribution in [2.24, 2.45) is 5.92 Å². The molecule has 0 aliphatic heterocycles. The molecule has 1 aliphatic carbocycles. The zero-order chi connectivity index (χ0) is 22.2. The number of fused-ring (bicyclic) bond motifs is 1. The molecule has 0 atom stereocenters. The molecule has 32 heavy (non-hydrogen) atoms. The minimum atomic E-state index is -0.289. The van der Waals surface area contributed by atoms with E-state index in [1.54, 1.807) is 16.9 Å². The minimum absolute atomic E-state index is 0.261. The van der Waals surface area contributed by atoms with Crippen molar-refractivity contribution in [3.63, 3.8) is 0 Å². The molecule has 7 nitrogen and oxygen atoms in total. The smallest absolute Gasteiger partial charge is 0.255 e. The number of nitrogen functional groups attached to an aromatic ring is 2. The third-order valence-electron chi connectivity index (χ3n) is 6.31. The second kappa shape index (κ2) is 8.18. The summed E-state index contributed by atoms with van der Waals surface area (Å²) in [6, 6.07) is 8.36. The molecule has 0 spiro atoms. The number of aromatic nitrogens is 5. The van der Waals surface area contributed by atoms with Crippen LogP contribution in [0.5, 0.6) is 0 Å². The molecule has 0 radical (unpaired) electrons. The zero-order valence-electron chi connectivity index (χ0n) is 18.1. The van der Waals surface area contributed by atoms with E-state index in [1.165, 1.54) is 37.8 Å². The summed E-state index contributed by atoms with van der Waals surface area (Å²) >= 11 is 0. The first-order valence-electron chi connectivity index (χ1n) is 11.0. The summed E-state index contributed by atoms with van der Waals surface area (Å²) in [5, 5.41) is 5.54. The standard InChI is InChI=1S/C24H26FN7/c1-14-12-16(10-11-28-14)21-22(26)29-24(30-23(21)27)32-20-9-7-17(25)13-18(20)19(31-32)8-6-15-4-2-3-5-15/h7,9-13,15H,2-6,8H2,1H3,(H4,26,27,29,30). The number of pyridine rings is 1. The first kappa shape index (κ1) is 20.4. The summed E-state index contributed by atoms with van der Waals surface area (Å²) in [5.41, 5.74) is 16.4. The van der Waals surface area contributed by atoms with E-state index in [1.807, 2.05) is 19.1 Å². The molecule has 1 saturated carbocycles. The van der Waals surface area contributed by atoms with E-state index in [9.17, 15) is 4.39 Å². The van der Waals surface area contributed by atoms with Crippen LogP contribution in [-0.2, 0) is 6.42 Å². The van der Waals surface area contributed by atoms with Gasteiger partial charge in [0.15, 0.2) is 0 Å². The topological polar surface area (TPSA) is 109 Å². The maximum Gasteiger partial charge on any atom is 0.255 e. The molecule has 164 valence electrons. The summed E-state index contributed by atoms with van der Waals surface area (Å²) in [6.07, 6.45) is 8.65. The Morgan fingerprint density at radius 3 is 2.53 bits per heavy atom. The minimum Gasteiger partial charge on any atom is -0.383 e. The Labute approximate surface area is 185 Å². The molecule has 1 aliphatic rings. The Bertz CT molecular complexity index is 1270. The van der Waals surface area contributed by atoms with Gasteiger partial charge in [0.05, 0.1) is 16.8 Å². The molecule has 3 aromatic heterocycles. The molecule has 0 amide bonds. The van der Waals surface area contributed by atoms with Crippen molar-refractivity contribution in [1.29, 1.82) is 0 Å². The van der Waals surface area contributed by atoms with Gasteiger partial charge in [-0.25, -0.2) is 4.39 Å². The number of rotatable bonds is 5. The summed E-state index contributed by atoms with van der Waals surface area (Å²) in [5.74, 6) is 1.22. The average Bonchev–Trinajstić information content (AvgIpc) is 3.39. The van der Waals surface area contributed by atoms with Crippen LogP contribution in [0.1, 0.15) is 43.5 Å². The van der Waals surface area contributed by atoms with Gasteiger partial charge in [-0.2, -0.15) is 19.7 Å². The maximum atomic E-state index is 14.1. The molecular formula is C24H26FN7. The van der Waals surface area contributed by atoms with Gasteiger partial charge < -0.3 is 11.5 Å². The van der Waals surface area contributed by atoms with Gasteiger partial charge in [-0.1, -0.05) is 25.7 Å². The highest BCUT2D eigenvalue weighted by atomic mass is 19.1. The second-order valence-corrected chi connectivity index (χ2v) is 8.56. The van der Waals surface area contributed by atoms with Gasteiger partial charge in [0.2, 0.25) is 0 Å². The van der Waals surface area contributed by atoms with E-state index in [-0.39, 0.29) is 23.4 Å². The van der Waals surface area contributed by atoms with Crippen molar-refractivity contribution in [2.75, 3.05) is 11.5 Å². The van der Waals surface area contributed by atoms with Crippen molar-refractivity contribution in [1.82, 2.24) is 24.7 Å². The molecule has 8 heteroatoms. The van der Waals surface area contributed by atoms with Crippen LogP contribution in [0.3, 0.4) is 0 Å². The maximum absolute atomic E-state index is 14.1. The van der Waals surface area contributed by atoms with Crippen molar-refractivity contribution in [3.05, 3.63) is 53.7 Å². The van der Waals surface area contributed by atoms with Crippen LogP contribution >= 0.6 is 0 Å². The van der Waals surface area contributed by atoms with Crippen LogP contribution in [0, 0.1) is 18.7 Å². The largest absolute Gasteiger partial charge is 0.383 e. The van der Waals surface area contributed by atoms with Crippen LogP contribution in [0.15, 0.2) is 36.5 Å². The van der Waals surface area contributed by atoms with Gasteiger partial charge in [0.25, 0.3) is 5.95 Å². The number of nitrogens with zero attached hydrogens (tertiary/aromatic N) is 5. The Morgan fingerprint density at radius 2 is 1.81 bits per heavy atom. The second-order valence-electron chi connectivity index (χ2n) is 8.56. The van der Waals surface area contributed by atoms with E-state index in [0.29, 0.717) is 5.56 Å². The molecule has 0 saturated heterocycles. The number of hydrogen-bond donors (Lipinski definition) is 2. The monoisotopic (exact) mass is 431 g/mol. The Hall–Kier alpha value is -3.55. The fourth-order valence-electron chi connectivity index (χ4n) is 4.70. The lowest BCUT2D eigenvalue weighted by atomic mass is 9.99. The van der Waals surface area contributed by atoms with Crippen LogP contribution in [0.4, 0.5) is 16.0 Å². The Morgan fingerprint density at radius 1 is 1.06 bits per heavy atom. The van der Waals surface area contributed by atoms with Crippen molar-refractivity contribution in [2.45, 2.75) is 45.4 Å². The highest BCUT2D eigenvalue weighted by Gasteiger charge is 2.20. The van der Waals surface area contributed by atoms with Gasteiger partial charge in [0, 0.05) is 17.3 Å². The fourth-order valence-corrected chi connectivity index (χ4v) is 4.70. The molecule has 0 unspecified atom stereocenters.